The van der Waals surface area contributed by atoms with E-state index in [4.69, 9.17) is 14.8 Å². The second-order valence-electron chi connectivity index (χ2n) is 13.0. The van der Waals surface area contributed by atoms with Crippen LogP contribution in [0.4, 0.5) is 0 Å². The molecule has 7 rings (SSSR count). The number of rotatable bonds is 9. The first-order valence-electron chi connectivity index (χ1n) is 16.8. The Morgan fingerprint density at radius 3 is 2.26 bits per heavy atom. The molecule has 0 amide bonds. The average Bonchev–Trinajstić information content (AvgIpc) is 3.68. The first kappa shape index (κ1) is 30.5. The Labute approximate surface area is 277 Å². The van der Waals surface area contributed by atoms with Crippen molar-refractivity contribution in [3.05, 3.63) is 131 Å². The number of aryl methyl sites for hydroxylation is 2. The van der Waals surface area contributed by atoms with Crippen molar-refractivity contribution >= 4 is 21.8 Å². The van der Waals surface area contributed by atoms with Gasteiger partial charge in [-0.15, -0.1) is 0 Å². The van der Waals surface area contributed by atoms with Gasteiger partial charge >= 0.3 is 0 Å². The molecule has 0 aliphatic heterocycles. The summed E-state index contributed by atoms with van der Waals surface area (Å²) in [6.07, 6.45) is 9.07. The number of nitrogens with zero attached hydrogens (tertiary/aromatic N) is 4. The van der Waals surface area contributed by atoms with Crippen LogP contribution in [0, 0.1) is 19.8 Å². The molecule has 0 fully saturated rings. The normalized spacial score (nSPS) is 11.6. The molecule has 0 radical (unpaired) electrons. The molecule has 4 aromatic carbocycles. The molecule has 236 valence electrons. The van der Waals surface area contributed by atoms with Gasteiger partial charge in [-0.2, -0.15) is 5.10 Å². The molecule has 3 aromatic heterocycles. The fourth-order valence-corrected chi connectivity index (χ4v) is 7.20. The van der Waals surface area contributed by atoms with Crippen LogP contribution in [0.25, 0.3) is 44.4 Å². The van der Waals surface area contributed by atoms with Gasteiger partial charge in [-0.1, -0.05) is 58.0 Å². The molecule has 0 spiro atoms. The van der Waals surface area contributed by atoms with Crippen LogP contribution in [0.5, 0.6) is 11.5 Å². The Kier molecular flexibility index (Phi) is 8.15. The Bertz CT molecular complexity index is 2210. The van der Waals surface area contributed by atoms with Crippen molar-refractivity contribution in [2.45, 2.75) is 60.8 Å². The van der Waals surface area contributed by atoms with Crippen LogP contribution >= 0.6 is 0 Å². The summed E-state index contributed by atoms with van der Waals surface area (Å²) in [4.78, 5) is 4.82. The summed E-state index contributed by atoms with van der Waals surface area (Å²) < 4.78 is 10.7. The Morgan fingerprint density at radius 1 is 0.745 bits per heavy atom. The summed E-state index contributed by atoms with van der Waals surface area (Å²) in [6.45, 7) is 13.4. The Morgan fingerprint density at radius 2 is 1.49 bits per heavy atom. The third-order valence-corrected chi connectivity index (χ3v) is 9.21. The molecule has 5 nitrogen and oxygen atoms in total. The lowest BCUT2D eigenvalue weighted by atomic mass is 9.87. The van der Waals surface area contributed by atoms with Crippen molar-refractivity contribution in [2.75, 3.05) is 0 Å². The first-order chi connectivity index (χ1) is 22.8. The molecule has 5 heteroatoms. The van der Waals surface area contributed by atoms with E-state index in [1.54, 1.807) is 0 Å². The lowest BCUT2D eigenvalue weighted by molar-refractivity contribution is 0.483. The molecule has 0 bridgehead atoms. The van der Waals surface area contributed by atoms with Crippen molar-refractivity contribution in [2.24, 2.45) is 5.92 Å². The fraction of sp³-hybridized carbons (Fsp3) is 0.238. The smallest absolute Gasteiger partial charge is 0.137 e. The maximum atomic E-state index is 6.53. The summed E-state index contributed by atoms with van der Waals surface area (Å²) in [7, 11) is 0. The zero-order chi connectivity index (χ0) is 32.7. The van der Waals surface area contributed by atoms with Crippen molar-refractivity contribution in [1.29, 1.82) is 0 Å². The SMILES string of the molecule is CCc1c(C)cc(C)c(CC)c1-c1cnn(-c2cccc(Oc3ccc4c5ccccc5n(-c5cc(CC(C)C)ccn5)c4c3)c2)c1. The molecular weight excluding hydrogens is 576 g/mol. The highest BCUT2D eigenvalue weighted by Crippen LogP contribution is 2.36. The quantitative estimate of drug-likeness (QED) is 0.162. The highest BCUT2D eigenvalue weighted by molar-refractivity contribution is 6.09. The maximum Gasteiger partial charge on any atom is 0.137 e. The minimum atomic E-state index is 0.571. The Balaban J connectivity index is 1.25. The number of para-hydroxylation sites is 1. The van der Waals surface area contributed by atoms with Crippen molar-refractivity contribution in [3.8, 4) is 34.1 Å². The molecule has 0 N–H and O–H groups in total. The molecule has 47 heavy (non-hydrogen) atoms. The molecule has 0 saturated carbocycles. The zero-order valence-electron chi connectivity index (χ0n) is 28.2. The number of ether oxygens (including phenoxy) is 1. The molecule has 0 aliphatic rings. The lowest BCUT2D eigenvalue weighted by Gasteiger charge is -2.17. The van der Waals surface area contributed by atoms with Crippen molar-refractivity contribution in [1.82, 2.24) is 19.3 Å². The van der Waals surface area contributed by atoms with Crippen LogP contribution in [0.15, 0.2) is 104 Å². The Hall–Kier alpha value is -5.16. The van der Waals surface area contributed by atoms with E-state index in [1.807, 2.05) is 29.2 Å². The minimum Gasteiger partial charge on any atom is -0.457 e. The van der Waals surface area contributed by atoms with Gasteiger partial charge in [0.25, 0.3) is 0 Å². The monoisotopic (exact) mass is 618 g/mol. The lowest BCUT2D eigenvalue weighted by Crippen LogP contribution is -2.01. The van der Waals surface area contributed by atoms with Crippen LogP contribution in [0.2, 0.25) is 0 Å². The third-order valence-electron chi connectivity index (χ3n) is 9.21. The molecule has 7 aromatic rings. The number of hydrogen-bond acceptors (Lipinski definition) is 3. The summed E-state index contributed by atoms with van der Waals surface area (Å²) >= 11 is 0. The van der Waals surface area contributed by atoms with Crippen LogP contribution in [0.1, 0.15) is 55.5 Å². The van der Waals surface area contributed by atoms with Gasteiger partial charge in [-0.05, 0) is 115 Å². The van der Waals surface area contributed by atoms with Gasteiger partial charge < -0.3 is 4.74 Å². The highest BCUT2D eigenvalue weighted by Gasteiger charge is 2.17. The van der Waals surface area contributed by atoms with Gasteiger partial charge in [0, 0.05) is 40.9 Å². The van der Waals surface area contributed by atoms with Gasteiger partial charge in [-0.25, -0.2) is 9.67 Å². The van der Waals surface area contributed by atoms with Crippen molar-refractivity contribution in [3.63, 3.8) is 0 Å². The molecular formula is C42H42N4O. The number of aromatic nitrogens is 4. The summed E-state index contributed by atoms with van der Waals surface area (Å²) in [6, 6.07) is 29.7. The molecule has 0 atom stereocenters. The van der Waals surface area contributed by atoms with Crippen LogP contribution in [0.3, 0.4) is 0 Å². The van der Waals surface area contributed by atoms with E-state index >= 15 is 0 Å². The molecule has 0 saturated heterocycles. The molecule has 0 aliphatic carbocycles. The molecule has 0 unspecified atom stereocenters. The highest BCUT2D eigenvalue weighted by atomic mass is 16.5. The predicted octanol–water partition coefficient (Wildman–Crippen LogP) is 10.8. The average molecular weight is 619 g/mol. The molecule has 3 heterocycles. The van der Waals surface area contributed by atoms with Crippen LogP contribution in [-0.4, -0.2) is 19.3 Å². The van der Waals surface area contributed by atoms with Crippen LogP contribution in [-0.2, 0) is 19.3 Å². The van der Waals surface area contributed by atoms with Gasteiger partial charge in [-0.3, -0.25) is 4.57 Å². The number of fused-ring (bicyclic) bond motifs is 3. The second-order valence-corrected chi connectivity index (χ2v) is 13.0. The number of benzene rings is 4. The van der Waals surface area contributed by atoms with Gasteiger partial charge in [0.15, 0.2) is 0 Å². The second kappa shape index (κ2) is 12.6. The van der Waals surface area contributed by atoms with Crippen LogP contribution < -0.4 is 4.74 Å². The maximum absolute atomic E-state index is 6.53. The fourth-order valence-electron chi connectivity index (χ4n) is 7.20. The summed E-state index contributed by atoms with van der Waals surface area (Å²) in [5, 5.41) is 7.18. The van der Waals surface area contributed by atoms with Gasteiger partial charge in [0.2, 0.25) is 0 Å². The van der Waals surface area contributed by atoms with E-state index < -0.39 is 0 Å². The van der Waals surface area contributed by atoms with Crippen molar-refractivity contribution < 1.29 is 4.74 Å². The number of hydrogen-bond donors (Lipinski definition) is 0. The minimum absolute atomic E-state index is 0.571. The summed E-state index contributed by atoms with van der Waals surface area (Å²) in [5.74, 6) is 3.02. The van der Waals surface area contributed by atoms with Gasteiger partial charge in [0.05, 0.1) is 22.9 Å². The van der Waals surface area contributed by atoms with E-state index in [1.165, 1.54) is 44.2 Å². The third kappa shape index (κ3) is 5.71. The van der Waals surface area contributed by atoms with E-state index in [2.05, 4.69) is 125 Å². The standard InChI is InChI=1S/C42H42N4O/c1-7-35-28(5)21-29(6)36(8-2)42(35)31-25-44-45(26-31)32-12-11-13-33(23-32)47-34-16-17-38-37-14-9-10-15-39(37)46(40(38)24-34)41-22-30(18-19-43-41)20-27(3)4/h9-19,21-27H,7-8,20H2,1-6H3. The van der Waals surface area contributed by atoms with E-state index in [9.17, 15) is 0 Å². The van der Waals surface area contributed by atoms with Gasteiger partial charge in [0.1, 0.15) is 17.3 Å². The topological polar surface area (TPSA) is 44.9 Å². The van der Waals surface area contributed by atoms with E-state index in [0.29, 0.717) is 5.92 Å². The van der Waals surface area contributed by atoms with E-state index in [-0.39, 0.29) is 0 Å². The first-order valence-corrected chi connectivity index (χ1v) is 16.8. The number of pyridine rings is 1. The predicted molar refractivity (Wildman–Crippen MR) is 194 cm³/mol. The van der Waals surface area contributed by atoms with E-state index in [0.717, 1.165) is 58.9 Å². The zero-order valence-corrected chi connectivity index (χ0v) is 28.2. The largest absolute Gasteiger partial charge is 0.457 e. The summed E-state index contributed by atoms with van der Waals surface area (Å²) in [5.41, 5.74) is 12.4.